The summed E-state index contributed by atoms with van der Waals surface area (Å²) < 4.78 is 5.21. The largest absolute Gasteiger partial charge is 0.381 e. The molecule has 5 rings (SSSR count). The van der Waals surface area contributed by atoms with Gasteiger partial charge in [-0.25, -0.2) is 0 Å². The van der Waals surface area contributed by atoms with Gasteiger partial charge in [-0.05, 0) is 87.4 Å². The van der Waals surface area contributed by atoms with Gasteiger partial charge in [0.1, 0.15) is 0 Å². The monoisotopic (exact) mass is 434 g/mol. The first kappa shape index (κ1) is 21.6. The van der Waals surface area contributed by atoms with Crippen molar-refractivity contribution in [1.82, 2.24) is 0 Å². The van der Waals surface area contributed by atoms with E-state index in [0.29, 0.717) is 29.9 Å². The van der Waals surface area contributed by atoms with Crippen LogP contribution in [0.5, 0.6) is 0 Å². The third kappa shape index (κ3) is 4.24. The second-order valence-electron chi connectivity index (χ2n) is 9.55. The smallest absolute Gasteiger partial charge is 0.0991 e. The van der Waals surface area contributed by atoms with E-state index in [1.54, 1.807) is 7.11 Å². The number of benzene rings is 3. The average molecular weight is 435 g/mol. The van der Waals surface area contributed by atoms with E-state index in [2.05, 4.69) is 62.4 Å². The van der Waals surface area contributed by atoms with Gasteiger partial charge in [0.15, 0.2) is 0 Å². The Morgan fingerprint density at radius 2 is 1.94 bits per heavy atom. The van der Waals surface area contributed by atoms with Gasteiger partial charge in [-0.15, -0.1) is 0 Å². The Bertz CT molecular complexity index is 1310. The first-order valence-electron chi connectivity index (χ1n) is 11.9. The molecule has 1 fully saturated rings. The summed E-state index contributed by atoms with van der Waals surface area (Å²) in [5.41, 5.74) is 8.74. The number of ether oxygens (including phenoxy) is 1. The van der Waals surface area contributed by atoms with Crippen LogP contribution in [0.3, 0.4) is 0 Å². The molecule has 3 nitrogen and oxygen atoms in total. The molecule has 1 aliphatic heterocycles. The zero-order chi connectivity index (χ0) is 22.9. The van der Waals surface area contributed by atoms with Crippen molar-refractivity contribution in [2.24, 2.45) is 10.9 Å². The molecule has 1 aliphatic carbocycles. The Balaban J connectivity index is 1.49. The Hall–Kier alpha value is -3.22. The fraction of sp³-hybridized carbons (Fsp3) is 0.333. The quantitative estimate of drug-likeness (QED) is 0.436. The molecular weight excluding hydrogens is 404 g/mol. The second kappa shape index (κ2) is 8.96. The molecule has 2 aliphatic rings. The first-order valence-corrected chi connectivity index (χ1v) is 11.9. The molecule has 0 saturated heterocycles. The molecule has 0 spiro atoms. The summed E-state index contributed by atoms with van der Waals surface area (Å²) in [5, 5.41) is 11.7. The van der Waals surface area contributed by atoms with E-state index in [1.807, 2.05) is 18.2 Å². The van der Waals surface area contributed by atoms with Crippen LogP contribution in [-0.2, 0) is 11.2 Å². The number of aliphatic imine (C=N–C) groups is 1. The molecule has 3 aromatic rings. The predicted octanol–water partition coefficient (Wildman–Crippen LogP) is 6.64. The summed E-state index contributed by atoms with van der Waals surface area (Å²) in [6.45, 7) is 5.97. The van der Waals surface area contributed by atoms with Crippen LogP contribution in [0.25, 0.3) is 16.8 Å². The Morgan fingerprint density at radius 1 is 1.09 bits per heavy atom. The zero-order valence-corrected chi connectivity index (χ0v) is 19.6. The van der Waals surface area contributed by atoms with Gasteiger partial charge < -0.3 is 4.74 Å². The second-order valence-corrected chi connectivity index (χ2v) is 9.55. The normalized spacial score (nSPS) is 19.5. The van der Waals surface area contributed by atoms with Crippen LogP contribution in [0.2, 0.25) is 0 Å². The van der Waals surface area contributed by atoms with Gasteiger partial charge in [0.25, 0.3) is 0 Å². The van der Waals surface area contributed by atoms with Crippen molar-refractivity contribution in [3.63, 3.8) is 0 Å². The highest BCUT2D eigenvalue weighted by Gasteiger charge is 2.40. The molecular formula is C30H30N2O. The summed E-state index contributed by atoms with van der Waals surface area (Å²) in [6.07, 6.45) is 6.39. The molecule has 0 N–H and O–H groups in total. The van der Waals surface area contributed by atoms with E-state index < -0.39 is 0 Å². The van der Waals surface area contributed by atoms with Crippen molar-refractivity contribution in [3.05, 3.63) is 88.0 Å². The SMILES string of the molecule is COCC=Cc1cc(C2CC2c2ccc3c(c2)C(C(C)C)=NCC3)cc2ccc(C#N)cc12. The molecule has 33 heavy (non-hydrogen) atoms. The Labute approximate surface area is 196 Å². The van der Waals surface area contributed by atoms with Gasteiger partial charge in [-0.3, -0.25) is 4.99 Å². The van der Waals surface area contributed by atoms with Crippen molar-refractivity contribution in [1.29, 1.82) is 5.26 Å². The number of hydrogen-bond acceptors (Lipinski definition) is 3. The molecule has 2 atom stereocenters. The van der Waals surface area contributed by atoms with Crippen molar-refractivity contribution in [3.8, 4) is 6.07 Å². The molecule has 0 radical (unpaired) electrons. The van der Waals surface area contributed by atoms with Crippen molar-refractivity contribution in [2.45, 2.75) is 38.5 Å². The molecule has 0 aromatic heterocycles. The summed E-state index contributed by atoms with van der Waals surface area (Å²) in [7, 11) is 1.70. The third-order valence-corrected chi connectivity index (χ3v) is 6.96. The minimum absolute atomic E-state index is 0.453. The van der Waals surface area contributed by atoms with Crippen LogP contribution in [-0.4, -0.2) is 26.0 Å². The number of fused-ring (bicyclic) bond motifs is 2. The lowest BCUT2D eigenvalue weighted by Crippen LogP contribution is -2.18. The predicted molar refractivity (Wildman–Crippen MR) is 136 cm³/mol. The molecule has 1 saturated carbocycles. The zero-order valence-electron chi connectivity index (χ0n) is 19.6. The Morgan fingerprint density at radius 3 is 2.73 bits per heavy atom. The molecule has 0 bridgehead atoms. The van der Waals surface area contributed by atoms with Gasteiger partial charge >= 0.3 is 0 Å². The van der Waals surface area contributed by atoms with Gasteiger partial charge in [-0.1, -0.05) is 56.3 Å². The first-order chi connectivity index (χ1) is 16.1. The topological polar surface area (TPSA) is 45.4 Å². The van der Waals surface area contributed by atoms with Crippen LogP contribution in [0.15, 0.2) is 59.6 Å². The highest BCUT2D eigenvalue weighted by molar-refractivity contribution is 6.04. The minimum Gasteiger partial charge on any atom is -0.381 e. The maximum absolute atomic E-state index is 9.36. The fourth-order valence-corrected chi connectivity index (χ4v) is 5.19. The summed E-state index contributed by atoms with van der Waals surface area (Å²) in [6, 6.07) is 20.0. The fourth-order valence-electron chi connectivity index (χ4n) is 5.19. The third-order valence-electron chi connectivity index (χ3n) is 6.96. The average Bonchev–Trinajstić information content (AvgIpc) is 3.64. The van der Waals surface area contributed by atoms with E-state index in [4.69, 9.17) is 9.73 Å². The molecule has 1 heterocycles. The highest BCUT2D eigenvalue weighted by Crippen LogP contribution is 2.55. The van der Waals surface area contributed by atoms with Gasteiger partial charge in [-0.2, -0.15) is 5.26 Å². The highest BCUT2D eigenvalue weighted by atomic mass is 16.5. The minimum atomic E-state index is 0.453. The lowest BCUT2D eigenvalue weighted by molar-refractivity contribution is 0.234. The van der Waals surface area contributed by atoms with E-state index in [0.717, 1.165) is 23.9 Å². The van der Waals surface area contributed by atoms with Crippen LogP contribution >= 0.6 is 0 Å². The van der Waals surface area contributed by atoms with E-state index in [1.165, 1.54) is 39.8 Å². The van der Waals surface area contributed by atoms with E-state index in [-0.39, 0.29) is 0 Å². The molecule has 3 heteroatoms. The number of rotatable bonds is 6. The van der Waals surface area contributed by atoms with Gasteiger partial charge in [0, 0.05) is 19.4 Å². The number of nitrogens with zero attached hydrogens (tertiary/aromatic N) is 2. The van der Waals surface area contributed by atoms with Crippen molar-refractivity contribution < 1.29 is 4.74 Å². The molecule has 0 amide bonds. The van der Waals surface area contributed by atoms with E-state index >= 15 is 0 Å². The lowest BCUT2D eigenvalue weighted by Gasteiger charge is -2.20. The van der Waals surface area contributed by atoms with Gasteiger partial charge in [0.2, 0.25) is 0 Å². The molecule has 3 aromatic carbocycles. The van der Waals surface area contributed by atoms with Crippen LogP contribution < -0.4 is 0 Å². The maximum atomic E-state index is 9.36. The van der Waals surface area contributed by atoms with Crippen molar-refractivity contribution >= 4 is 22.6 Å². The number of methoxy groups -OCH3 is 1. The molecule has 166 valence electrons. The van der Waals surface area contributed by atoms with Crippen molar-refractivity contribution in [2.75, 3.05) is 20.3 Å². The maximum Gasteiger partial charge on any atom is 0.0991 e. The summed E-state index contributed by atoms with van der Waals surface area (Å²) in [4.78, 5) is 4.84. The summed E-state index contributed by atoms with van der Waals surface area (Å²) in [5.74, 6) is 1.53. The van der Waals surface area contributed by atoms with E-state index in [9.17, 15) is 5.26 Å². The standard InChI is InChI=1S/C30H30N2O/c1-19(2)30-29-16-24(9-8-21(29)10-11-32-30)27-17-28(27)25-14-22(5-4-12-33-3)26-13-20(18-31)6-7-23(26)15-25/h4-9,13-16,19,27-28H,10-12,17H2,1-3H3. The van der Waals surface area contributed by atoms with Crippen LogP contribution in [0.1, 0.15) is 65.5 Å². The molecule has 2 unspecified atom stereocenters. The summed E-state index contributed by atoms with van der Waals surface area (Å²) >= 11 is 0. The number of hydrogen-bond donors (Lipinski definition) is 0. The lowest BCUT2D eigenvalue weighted by atomic mass is 9.89. The van der Waals surface area contributed by atoms with Crippen LogP contribution in [0.4, 0.5) is 0 Å². The number of nitriles is 1. The Kier molecular flexibility index (Phi) is 5.87. The van der Waals surface area contributed by atoms with Gasteiger partial charge in [0.05, 0.1) is 18.2 Å². The van der Waals surface area contributed by atoms with Crippen LogP contribution in [0, 0.1) is 17.2 Å².